The molecule has 0 bridgehead atoms. The fourth-order valence-electron chi connectivity index (χ4n) is 2.53. The number of fused-ring (bicyclic) bond motifs is 1. The zero-order chi connectivity index (χ0) is 18.0. The number of aromatic nitrogens is 2. The van der Waals surface area contributed by atoms with Crippen LogP contribution in [0.15, 0.2) is 53.5 Å². The van der Waals surface area contributed by atoms with E-state index >= 15 is 0 Å². The molecule has 2 aromatic carbocycles. The molecule has 128 valence electrons. The molecular formula is C18H15Cl2N3O2. The molecule has 0 unspecified atom stereocenters. The van der Waals surface area contributed by atoms with Crippen LogP contribution in [0.1, 0.15) is 5.56 Å². The first-order valence-corrected chi connectivity index (χ1v) is 8.34. The number of likely N-dealkylation sites (N-methyl/N-ethyl adjacent to an activating group) is 1. The summed E-state index contributed by atoms with van der Waals surface area (Å²) in [5.74, 6) is -0.190. The first-order chi connectivity index (χ1) is 12.0. The van der Waals surface area contributed by atoms with E-state index < -0.39 is 0 Å². The van der Waals surface area contributed by atoms with Gasteiger partial charge in [-0.2, -0.15) is 0 Å². The lowest BCUT2D eigenvalue weighted by Crippen LogP contribution is -2.33. The van der Waals surface area contributed by atoms with Crippen molar-refractivity contribution >= 4 is 40.1 Å². The minimum absolute atomic E-state index is 0.0559. The van der Waals surface area contributed by atoms with Crippen LogP contribution in [0.2, 0.25) is 10.0 Å². The Hall–Kier alpha value is -2.37. The number of carbonyl (C=O) groups excluding carboxylic acids is 1. The fourth-order valence-corrected chi connectivity index (χ4v) is 2.85. The van der Waals surface area contributed by atoms with Gasteiger partial charge in [-0.05, 0) is 29.8 Å². The second kappa shape index (κ2) is 7.25. The van der Waals surface area contributed by atoms with E-state index in [-0.39, 0.29) is 18.0 Å². The van der Waals surface area contributed by atoms with Crippen LogP contribution in [0.25, 0.3) is 11.0 Å². The van der Waals surface area contributed by atoms with Gasteiger partial charge in [-0.15, -0.1) is 0 Å². The summed E-state index contributed by atoms with van der Waals surface area (Å²) in [4.78, 5) is 30.3. The Balaban J connectivity index is 1.81. The van der Waals surface area contributed by atoms with Gasteiger partial charge >= 0.3 is 0 Å². The molecule has 0 aliphatic heterocycles. The van der Waals surface area contributed by atoms with Crippen LogP contribution < -0.4 is 5.56 Å². The zero-order valence-corrected chi connectivity index (χ0v) is 15.0. The summed E-state index contributed by atoms with van der Waals surface area (Å²) in [5, 5.41) is 0.908. The van der Waals surface area contributed by atoms with E-state index in [1.54, 1.807) is 36.2 Å². The van der Waals surface area contributed by atoms with Crippen molar-refractivity contribution in [3.05, 3.63) is 74.6 Å². The Morgan fingerprint density at radius 3 is 2.68 bits per heavy atom. The molecule has 7 heteroatoms. The zero-order valence-electron chi connectivity index (χ0n) is 13.4. The number of para-hydroxylation sites is 2. The first kappa shape index (κ1) is 17.5. The Morgan fingerprint density at radius 2 is 1.92 bits per heavy atom. The third kappa shape index (κ3) is 3.83. The second-order valence-electron chi connectivity index (χ2n) is 5.67. The molecule has 0 atom stereocenters. The molecule has 0 saturated carbocycles. The highest BCUT2D eigenvalue weighted by Crippen LogP contribution is 2.23. The molecule has 0 spiro atoms. The minimum atomic E-state index is -0.310. The smallest absolute Gasteiger partial charge is 0.269 e. The van der Waals surface area contributed by atoms with Crippen molar-refractivity contribution in [3.8, 4) is 0 Å². The third-order valence-corrected chi connectivity index (χ3v) is 4.61. The Bertz CT molecular complexity index is 1000. The van der Waals surface area contributed by atoms with E-state index in [2.05, 4.69) is 4.98 Å². The van der Waals surface area contributed by atoms with Crippen molar-refractivity contribution in [3.63, 3.8) is 0 Å². The van der Waals surface area contributed by atoms with Crippen molar-refractivity contribution in [2.45, 2.75) is 13.1 Å². The number of amides is 1. The van der Waals surface area contributed by atoms with Gasteiger partial charge in [0.15, 0.2) is 0 Å². The minimum Gasteiger partial charge on any atom is -0.340 e. The molecule has 1 aromatic heterocycles. The van der Waals surface area contributed by atoms with Gasteiger partial charge in [0, 0.05) is 13.6 Å². The van der Waals surface area contributed by atoms with Gasteiger partial charge in [0.25, 0.3) is 5.56 Å². The first-order valence-electron chi connectivity index (χ1n) is 7.58. The summed E-state index contributed by atoms with van der Waals surface area (Å²) >= 11 is 11.9. The van der Waals surface area contributed by atoms with Gasteiger partial charge in [-0.1, -0.05) is 41.4 Å². The van der Waals surface area contributed by atoms with Gasteiger partial charge in [0.1, 0.15) is 6.54 Å². The average molecular weight is 376 g/mol. The van der Waals surface area contributed by atoms with Crippen LogP contribution in [-0.4, -0.2) is 27.4 Å². The highest BCUT2D eigenvalue weighted by molar-refractivity contribution is 6.42. The van der Waals surface area contributed by atoms with E-state index in [0.717, 1.165) is 5.56 Å². The molecule has 3 aromatic rings. The van der Waals surface area contributed by atoms with Gasteiger partial charge in [0.05, 0.1) is 27.3 Å². The molecule has 0 aliphatic carbocycles. The van der Waals surface area contributed by atoms with E-state index in [1.807, 2.05) is 18.2 Å². The maximum atomic E-state index is 12.6. The average Bonchev–Trinajstić information content (AvgIpc) is 2.60. The number of nitrogens with zero attached hydrogens (tertiary/aromatic N) is 3. The summed E-state index contributed by atoms with van der Waals surface area (Å²) in [6.45, 7) is 0.313. The van der Waals surface area contributed by atoms with Gasteiger partial charge in [0.2, 0.25) is 5.91 Å². The lowest BCUT2D eigenvalue weighted by atomic mass is 10.2. The lowest BCUT2D eigenvalue weighted by Gasteiger charge is -2.19. The lowest BCUT2D eigenvalue weighted by molar-refractivity contribution is -0.131. The molecule has 25 heavy (non-hydrogen) atoms. The predicted octanol–water partition coefficient (Wildman–Crippen LogP) is 3.36. The largest absolute Gasteiger partial charge is 0.340 e. The predicted molar refractivity (Wildman–Crippen MR) is 98.9 cm³/mol. The van der Waals surface area contributed by atoms with Crippen LogP contribution in [0.5, 0.6) is 0 Å². The number of benzene rings is 2. The SMILES string of the molecule is CN(Cc1ccc(Cl)c(Cl)c1)C(=O)Cn1c(=O)cnc2ccccc21. The number of hydrogen-bond donors (Lipinski definition) is 0. The van der Waals surface area contributed by atoms with Crippen molar-refractivity contribution in [1.82, 2.24) is 14.5 Å². The van der Waals surface area contributed by atoms with E-state index in [4.69, 9.17) is 23.2 Å². The van der Waals surface area contributed by atoms with Crippen LogP contribution in [0, 0.1) is 0 Å². The second-order valence-corrected chi connectivity index (χ2v) is 6.48. The highest BCUT2D eigenvalue weighted by Gasteiger charge is 2.13. The molecule has 0 fully saturated rings. The summed E-state index contributed by atoms with van der Waals surface area (Å²) in [6, 6.07) is 12.4. The molecule has 0 saturated heterocycles. The number of carbonyl (C=O) groups is 1. The monoisotopic (exact) mass is 375 g/mol. The Morgan fingerprint density at radius 1 is 1.16 bits per heavy atom. The Labute approximate surface area is 154 Å². The van der Waals surface area contributed by atoms with Crippen LogP contribution >= 0.6 is 23.2 Å². The molecule has 3 rings (SSSR count). The van der Waals surface area contributed by atoms with Gasteiger partial charge < -0.3 is 4.90 Å². The summed E-state index contributed by atoms with van der Waals surface area (Å²) < 4.78 is 1.43. The summed E-state index contributed by atoms with van der Waals surface area (Å²) in [5.41, 5.74) is 1.85. The standard InChI is InChI=1S/C18H15Cl2N3O2/c1-22(10-12-6-7-13(19)14(20)8-12)18(25)11-23-16-5-3-2-4-15(16)21-9-17(23)24/h2-9H,10-11H2,1H3. The maximum Gasteiger partial charge on any atom is 0.269 e. The Kier molecular flexibility index (Phi) is 5.06. The number of halogens is 2. The number of hydrogen-bond acceptors (Lipinski definition) is 3. The normalized spacial score (nSPS) is 10.8. The molecule has 5 nitrogen and oxygen atoms in total. The fraction of sp³-hybridized carbons (Fsp3) is 0.167. The van der Waals surface area contributed by atoms with Crippen LogP contribution in [0.3, 0.4) is 0 Å². The van der Waals surface area contributed by atoms with Crippen molar-refractivity contribution in [1.29, 1.82) is 0 Å². The van der Waals surface area contributed by atoms with Crippen LogP contribution in [-0.2, 0) is 17.9 Å². The molecule has 0 radical (unpaired) electrons. The topological polar surface area (TPSA) is 55.2 Å². The van der Waals surface area contributed by atoms with Crippen molar-refractivity contribution < 1.29 is 4.79 Å². The van der Waals surface area contributed by atoms with E-state index in [0.29, 0.717) is 27.6 Å². The molecule has 0 aliphatic rings. The molecule has 1 amide bonds. The summed E-state index contributed by atoms with van der Waals surface area (Å²) in [7, 11) is 1.68. The van der Waals surface area contributed by atoms with E-state index in [1.165, 1.54) is 10.8 Å². The highest BCUT2D eigenvalue weighted by atomic mass is 35.5. The molecule has 0 N–H and O–H groups in total. The van der Waals surface area contributed by atoms with Gasteiger partial charge in [-0.25, -0.2) is 4.98 Å². The van der Waals surface area contributed by atoms with Gasteiger partial charge in [-0.3, -0.25) is 14.2 Å². The van der Waals surface area contributed by atoms with Crippen molar-refractivity contribution in [2.24, 2.45) is 0 Å². The van der Waals surface area contributed by atoms with Crippen LogP contribution in [0.4, 0.5) is 0 Å². The third-order valence-electron chi connectivity index (χ3n) is 3.88. The quantitative estimate of drug-likeness (QED) is 0.702. The summed E-state index contributed by atoms with van der Waals surface area (Å²) in [6.07, 6.45) is 1.23. The number of rotatable bonds is 4. The van der Waals surface area contributed by atoms with Crippen molar-refractivity contribution in [2.75, 3.05) is 7.05 Å². The maximum absolute atomic E-state index is 12.6. The molecule has 1 heterocycles. The molecular weight excluding hydrogens is 361 g/mol. The van der Waals surface area contributed by atoms with E-state index in [9.17, 15) is 9.59 Å².